The lowest BCUT2D eigenvalue weighted by molar-refractivity contribution is -0.137. The summed E-state index contributed by atoms with van der Waals surface area (Å²) in [6.45, 7) is 2.19. The quantitative estimate of drug-likeness (QED) is 0.243. The second-order valence-corrected chi connectivity index (χ2v) is 10.8. The Balaban J connectivity index is 1.49. The zero-order valence-corrected chi connectivity index (χ0v) is 20.9. The van der Waals surface area contributed by atoms with Crippen molar-refractivity contribution in [3.05, 3.63) is 81.0 Å². The van der Waals surface area contributed by atoms with Gasteiger partial charge in [0.05, 0.1) is 28.1 Å². The Kier molecular flexibility index (Phi) is 6.65. The molecule has 0 bridgehead atoms. The van der Waals surface area contributed by atoms with E-state index in [4.69, 9.17) is 4.98 Å². The number of hydrogen-bond acceptors (Lipinski definition) is 5. The van der Waals surface area contributed by atoms with Crippen LogP contribution < -0.4 is 10.9 Å². The first kappa shape index (κ1) is 24.6. The Morgan fingerprint density at radius 3 is 2.64 bits per heavy atom. The predicted octanol–water partition coefficient (Wildman–Crippen LogP) is 6.32. The summed E-state index contributed by atoms with van der Waals surface area (Å²) in [6.07, 6.45) is -1.84. The normalized spacial score (nSPS) is 15.6. The standard InChI is InChI=1S/C26H22F3N3O2S2/c1-15-11-12-17-20(13-15)36-23-22(17)24(34)32(16-7-3-2-4-8-16)25(31-23)35-14-21(33)30-19-10-6-5-9-18(19)26(27,28)29/h2-10,15H,11-14H2,1H3,(H,30,33)/t15-/m0/s1. The number of nitrogens with zero attached hydrogens (tertiary/aromatic N) is 2. The van der Waals surface area contributed by atoms with Gasteiger partial charge in [-0.1, -0.05) is 49.0 Å². The van der Waals surface area contributed by atoms with Crippen LogP contribution in [0.2, 0.25) is 0 Å². The fourth-order valence-electron chi connectivity index (χ4n) is 4.43. The third kappa shape index (κ3) is 4.79. The van der Waals surface area contributed by atoms with E-state index in [1.54, 1.807) is 12.1 Å². The number of hydrogen-bond donors (Lipinski definition) is 1. The number of para-hydroxylation sites is 2. The summed E-state index contributed by atoms with van der Waals surface area (Å²) in [5.74, 6) is -0.289. The van der Waals surface area contributed by atoms with E-state index in [0.29, 0.717) is 27.0 Å². The van der Waals surface area contributed by atoms with Gasteiger partial charge in [0, 0.05) is 4.88 Å². The number of halogens is 3. The van der Waals surface area contributed by atoms with Gasteiger partial charge in [0.1, 0.15) is 4.83 Å². The molecular formula is C26H22F3N3O2S2. The maximum absolute atomic E-state index is 13.7. The van der Waals surface area contributed by atoms with E-state index in [2.05, 4.69) is 12.2 Å². The van der Waals surface area contributed by atoms with Gasteiger partial charge in [-0.2, -0.15) is 13.2 Å². The van der Waals surface area contributed by atoms with E-state index in [-0.39, 0.29) is 17.0 Å². The van der Waals surface area contributed by atoms with E-state index >= 15 is 0 Å². The average Bonchev–Trinajstić information content (AvgIpc) is 3.20. The van der Waals surface area contributed by atoms with Crippen LogP contribution in [0.3, 0.4) is 0 Å². The summed E-state index contributed by atoms with van der Waals surface area (Å²) in [6, 6.07) is 13.9. The summed E-state index contributed by atoms with van der Waals surface area (Å²) in [5, 5.41) is 3.30. The fraction of sp³-hybridized carbons (Fsp3) is 0.269. The maximum Gasteiger partial charge on any atom is 0.418 e. The van der Waals surface area contributed by atoms with Gasteiger partial charge in [-0.15, -0.1) is 11.3 Å². The zero-order valence-electron chi connectivity index (χ0n) is 19.3. The number of carbonyl (C=O) groups excluding carboxylic acids is 1. The lowest BCUT2D eigenvalue weighted by Gasteiger charge is -2.18. The molecule has 10 heteroatoms. The van der Waals surface area contributed by atoms with E-state index in [1.807, 2.05) is 18.2 Å². The van der Waals surface area contributed by atoms with E-state index in [0.717, 1.165) is 42.7 Å². The van der Waals surface area contributed by atoms with Crippen molar-refractivity contribution < 1.29 is 18.0 Å². The molecule has 1 atom stereocenters. The number of amides is 1. The fourth-order valence-corrected chi connectivity index (χ4v) is 6.67. The van der Waals surface area contributed by atoms with Crippen LogP contribution in [0.5, 0.6) is 0 Å². The van der Waals surface area contributed by atoms with E-state index in [9.17, 15) is 22.8 Å². The molecule has 186 valence electrons. The van der Waals surface area contributed by atoms with Crippen molar-refractivity contribution >= 4 is 44.9 Å². The first-order valence-electron chi connectivity index (χ1n) is 11.4. The molecule has 4 aromatic rings. The van der Waals surface area contributed by atoms with Gasteiger partial charge in [0.15, 0.2) is 5.16 Å². The lowest BCUT2D eigenvalue weighted by Crippen LogP contribution is -2.23. The van der Waals surface area contributed by atoms with Crippen LogP contribution in [-0.2, 0) is 23.8 Å². The van der Waals surface area contributed by atoms with Gasteiger partial charge < -0.3 is 5.32 Å². The van der Waals surface area contributed by atoms with Crippen molar-refractivity contribution in [2.45, 2.75) is 37.5 Å². The Morgan fingerprint density at radius 2 is 1.89 bits per heavy atom. The third-order valence-corrected chi connectivity index (χ3v) is 8.24. The topological polar surface area (TPSA) is 64.0 Å². The highest BCUT2D eigenvalue weighted by Crippen LogP contribution is 2.37. The number of benzene rings is 2. The van der Waals surface area contributed by atoms with Gasteiger partial charge in [-0.3, -0.25) is 14.2 Å². The molecule has 36 heavy (non-hydrogen) atoms. The Hall–Kier alpha value is -3.11. The molecule has 0 spiro atoms. The Bertz CT molecular complexity index is 1500. The minimum atomic E-state index is -4.59. The minimum Gasteiger partial charge on any atom is -0.325 e. The summed E-state index contributed by atoms with van der Waals surface area (Å²) in [4.78, 5) is 33.0. The minimum absolute atomic E-state index is 0.191. The van der Waals surface area contributed by atoms with Crippen LogP contribution in [0.4, 0.5) is 18.9 Å². The van der Waals surface area contributed by atoms with Crippen LogP contribution in [-0.4, -0.2) is 21.2 Å². The van der Waals surface area contributed by atoms with Crippen LogP contribution in [0, 0.1) is 5.92 Å². The largest absolute Gasteiger partial charge is 0.418 e. The Labute approximate surface area is 213 Å². The predicted molar refractivity (Wildman–Crippen MR) is 137 cm³/mol. The van der Waals surface area contributed by atoms with E-state index < -0.39 is 17.6 Å². The van der Waals surface area contributed by atoms with Crippen LogP contribution >= 0.6 is 23.1 Å². The lowest BCUT2D eigenvalue weighted by atomic mass is 9.89. The molecule has 0 unspecified atom stereocenters. The molecule has 2 aromatic carbocycles. The molecule has 0 aliphatic heterocycles. The molecule has 0 saturated carbocycles. The monoisotopic (exact) mass is 529 g/mol. The van der Waals surface area contributed by atoms with Crippen molar-refractivity contribution in [2.24, 2.45) is 5.92 Å². The molecule has 1 aliphatic rings. The zero-order chi connectivity index (χ0) is 25.4. The van der Waals surface area contributed by atoms with Crippen LogP contribution in [0.15, 0.2) is 64.5 Å². The molecular weight excluding hydrogens is 507 g/mol. The number of carbonyl (C=O) groups is 1. The van der Waals surface area contributed by atoms with Gasteiger partial charge in [0.2, 0.25) is 5.91 Å². The number of alkyl halides is 3. The SMILES string of the molecule is C[C@H]1CCc2c(sc3nc(SCC(=O)Nc4ccccc4C(F)(F)F)n(-c4ccccc4)c(=O)c23)C1. The van der Waals surface area contributed by atoms with Crippen molar-refractivity contribution in [1.82, 2.24) is 9.55 Å². The van der Waals surface area contributed by atoms with Crippen LogP contribution in [0.25, 0.3) is 15.9 Å². The second-order valence-electron chi connectivity index (χ2n) is 8.78. The number of thioether (sulfide) groups is 1. The summed E-state index contributed by atoms with van der Waals surface area (Å²) < 4.78 is 41.4. The number of fused-ring (bicyclic) bond motifs is 3. The molecule has 0 fully saturated rings. The molecule has 2 heterocycles. The number of anilines is 1. The number of aromatic nitrogens is 2. The third-order valence-electron chi connectivity index (χ3n) is 6.15. The van der Waals surface area contributed by atoms with Crippen molar-refractivity contribution in [3.8, 4) is 5.69 Å². The van der Waals surface area contributed by atoms with E-state index in [1.165, 1.54) is 39.0 Å². The van der Waals surface area contributed by atoms with Gasteiger partial charge in [-0.25, -0.2) is 4.98 Å². The molecule has 5 rings (SSSR count). The molecule has 1 aliphatic carbocycles. The van der Waals surface area contributed by atoms with Gasteiger partial charge in [0.25, 0.3) is 5.56 Å². The summed E-state index contributed by atoms with van der Waals surface area (Å²) in [7, 11) is 0. The van der Waals surface area contributed by atoms with Gasteiger partial charge in [-0.05, 0) is 55.0 Å². The first-order chi connectivity index (χ1) is 17.2. The van der Waals surface area contributed by atoms with Gasteiger partial charge >= 0.3 is 6.18 Å². The highest BCUT2D eigenvalue weighted by molar-refractivity contribution is 7.99. The smallest absolute Gasteiger partial charge is 0.325 e. The maximum atomic E-state index is 13.7. The molecule has 5 nitrogen and oxygen atoms in total. The molecule has 1 amide bonds. The number of aryl methyl sites for hydroxylation is 1. The highest BCUT2D eigenvalue weighted by atomic mass is 32.2. The average molecular weight is 530 g/mol. The summed E-state index contributed by atoms with van der Waals surface area (Å²) in [5.41, 5.74) is 0.269. The van der Waals surface area contributed by atoms with Crippen molar-refractivity contribution in [2.75, 3.05) is 11.1 Å². The summed E-state index contributed by atoms with van der Waals surface area (Å²) >= 11 is 2.54. The highest BCUT2D eigenvalue weighted by Gasteiger charge is 2.33. The molecule has 0 radical (unpaired) electrons. The van der Waals surface area contributed by atoms with Crippen molar-refractivity contribution in [1.29, 1.82) is 0 Å². The first-order valence-corrected chi connectivity index (χ1v) is 13.2. The second kappa shape index (κ2) is 9.74. The van der Waals surface area contributed by atoms with Crippen LogP contribution in [0.1, 0.15) is 29.3 Å². The molecule has 2 aromatic heterocycles. The Morgan fingerprint density at radius 1 is 1.17 bits per heavy atom. The van der Waals surface area contributed by atoms with Crippen molar-refractivity contribution in [3.63, 3.8) is 0 Å². The number of rotatable bonds is 5. The number of thiophene rings is 1. The molecule has 1 N–H and O–H groups in total. The molecule has 0 saturated heterocycles. The number of nitrogens with one attached hydrogen (secondary N) is 1.